The van der Waals surface area contributed by atoms with Gasteiger partial charge in [0.25, 0.3) is 11.2 Å². The molecular formula is C27H26N4O10S. The average molecular weight is 599 g/mol. The van der Waals surface area contributed by atoms with E-state index in [1.807, 2.05) is 6.92 Å². The van der Waals surface area contributed by atoms with E-state index in [1.54, 1.807) is 25.1 Å². The molecule has 2 heterocycles. The van der Waals surface area contributed by atoms with Crippen molar-refractivity contribution in [2.75, 3.05) is 20.8 Å². The lowest BCUT2D eigenvalue weighted by molar-refractivity contribution is -0.394. The number of methoxy groups -OCH3 is 2. The number of carbonyl (C=O) groups is 1. The third-order valence-electron chi connectivity index (χ3n) is 6.42. The highest BCUT2D eigenvalue weighted by atomic mass is 32.1. The van der Waals surface area contributed by atoms with Gasteiger partial charge in [0.05, 0.1) is 52.5 Å². The number of thiazole rings is 1. The van der Waals surface area contributed by atoms with Crippen molar-refractivity contribution in [3.05, 3.63) is 92.6 Å². The normalized spacial score (nSPS) is 14.7. The van der Waals surface area contributed by atoms with Crippen molar-refractivity contribution in [2.24, 2.45) is 4.99 Å². The minimum Gasteiger partial charge on any atom is -0.502 e. The first-order valence-electron chi connectivity index (χ1n) is 12.7. The minimum atomic E-state index is -1.07. The second-order valence-corrected chi connectivity index (χ2v) is 9.95. The molecule has 0 saturated heterocycles. The van der Waals surface area contributed by atoms with Crippen LogP contribution in [0, 0.1) is 20.2 Å². The van der Waals surface area contributed by atoms with Crippen LogP contribution in [0.2, 0.25) is 0 Å². The Morgan fingerprint density at radius 1 is 1.14 bits per heavy atom. The van der Waals surface area contributed by atoms with E-state index in [9.17, 15) is 34.9 Å². The first kappa shape index (κ1) is 29.9. The fraction of sp³-hybridized carbons (Fsp3) is 0.296. The molecule has 0 spiro atoms. The number of hydrogen-bond donors (Lipinski definition) is 1. The van der Waals surface area contributed by atoms with E-state index in [2.05, 4.69) is 4.99 Å². The van der Waals surface area contributed by atoms with E-state index in [4.69, 9.17) is 14.2 Å². The van der Waals surface area contributed by atoms with Crippen LogP contribution in [0.1, 0.15) is 43.9 Å². The number of carbonyl (C=O) groups excluding carboxylic acids is 1. The van der Waals surface area contributed by atoms with Crippen molar-refractivity contribution < 1.29 is 34.0 Å². The van der Waals surface area contributed by atoms with Gasteiger partial charge in [-0.15, -0.1) is 0 Å². The Balaban J connectivity index is 2.10. The Morgan fingerprint density at radius 2 is 1.88 bits per heavy atom. The zero-order chi connectivity index (χ0) is 30.7. The van der Waals surface area contributed by atoms with Gasteiger partial charge >= 0.3 is 11.7 Å². The number of phenols is 1. The standard InChI is InChI=1S/C27H26N4O10S/c1-5-7-18-22(26(34)41-6-2)23(17-13-16(39-3)8-9-20(17)40-4)29-25(33)21(42-27(29)28-18)11-14-10-15(30(35)36)12-19(24(14)32)31(37)38/h8-13,23,32H,5-7H2,1-4H3/b21-11-/t23-/m0/s1. The van der Waals surface area contributed by atoms with Crippen molar-refractivity contribution in [3.8, 4) is 17.2 Å². The van der Waals surface area contributed by atoms with Gasteiger partial charge in [-0.1, -0.05) is 24.7 Å². The van der Waals surface area contributed by atoms with Crippen LogP contribution in [-0.2, 0) is 9.53 Å². The van der Waals surface area contributed by atoms with Crippen molar-refractivity contribution in [3.63, 3.8) is 0 Å². The summed E-state index contributed by atoms with van der Waals surface area (Å²) in [6.07, 6.45) is 2.11. The fourth-order valence-corrected chi connectivity index (χ4v) is 5.60. The van der Waals surface area contributed by atoms with Gasteiger partial charge in [0.1, 0.15) is 17.5 Å². The fourth-order valence-electron chi connectivity index (χ4n) is 4.59. The molecule has 0 unspecified atom stereocenters. The van der Waals surface area contributed by atoms with Crippen LogP contribution in [0.3, 0.4) is 0 Å². The summed E-state index contributed by atoms with van der Waals surface area (Å²) in [7, 11) is 2.90. The Labute approximate surface area is 241 Å². The molecule has 0 fully saturated rings. The molecule has 0 radical (unpaired) electrons. The Kier molecular flexibility index (Phi) is 8.70. The number of allylic oxidation sites excluding steroid dienone is 1. The van der Waals surface area contributed by atoms with Crippen LogP contribution in [0.4, 0.5) is 11.4 Å². The lowest BCUT2D eigenvalue weighted by atomic mass is 9.93. The molecule has 3 aromatic rings. The molecule has 220 valence electrons. The van der Waals surface area contributed by atoms with E-state index >= 15 is 0 Å². The smallest absolute Gasteiger partial charge is 0.338 e. The second kappa shape index (κ2) is 12.2. The molecule has 42 heavy (non-hydrogen) atoms. The van der Waals surface area contributed by atoms with Gasteiger partial charge < -0.3 is 19.3 Å². The average Bonchev–Trinajstić information content (AvgIpc) is 3.27. The SMILES string of the molecule is CCCC1=C(C(=O)OCC)[C@H](c2cc(OC)ccc2OC)n2c(s/c(=C\c3cc([N+](=O)[O-])cc([N+](=O)[O-])c3O)c2=O)=N1. The zero-order valence-electron chi connectivity index (χ0n) is 23.0. The molecule has 2 aromatic carbocycles. The number of ether oxygens (including phenoxy) is 3. The number of nitrogens with zero attached hydrogens (tertiary/aromatic N) is 4. The predicted octanol–water partition coefficient (Wildman–Crippen LogP) is 3.12. The highest BCUT2D eigenvalue weighted by molar-refractivity contribution is 7.07. The molecule has 15 heteroatoms. The topological polar surface area (TPSA) is 186 Å². The molecule has 0 amide bonds. The first-order chi connectivity index (χ1) is 20.1. The number of aromatic nitrogens is 1. The number of hydrogen-bond acceptors (Lipinski definition) is 12. The highest BCUT2D eigenvalue weighted by Crippen LogP contribution is 2.39. The van der Waals surface area contributed by atoms with E-state index in [1.165, 1.54) is 18.8 Å². The summed E-state index contributed by atoms with van der Waals surface area (Å²) in [6, 6.07) is 5.41. The first-order valence-corrected chi connectivity index (χ1v) is 13.5. The van der Waals surface area contributed by atoms with Gasteiger partial charge in [-0.25, -0.2) is 9.79 Å². The summed E-state index contributed by atoms with van der Waals surface area (Å²) in [5, 5.41) is 33.4. The summed E-state index contributed by atoms with van der Waals surface area (Å²) < 4.78 is 17.6. The molecule has 0 aliphatic carbocycles. The Bertz CT molecular complexity index is 1810. The highest BCUT2D eigenvalue weighted by Gasteiger charge is 2.36. The largest absolute Gasteiger partial charge is 0.502 e. The van der Waals surface area contributed by atoms with Crippen LogP contribution in [-0.4, -0.2) is 46.3 Å². The third-order valence-corrected chi connectivity index (χ3v) is 7.40. The lowest BCUT2D eigenvalue weighted by Crippen LogP contribution is -2.40. The number of aromatic hydroxyl groups is 1. The lowest BCUT2D eigenvalue weighted by Gasteiger charge is -2.27. The summed E-state index contributed by atoms with van der Waals surface area (Å²) in [5.74, 6) is -0.747. The second-order valence-electron chi connectivity index (χ2n) is 8.94. The molecule has 14 nitrogen and oxygen atoms in total. The summed E-state index contributed by atoms with van der Waals surface area (Å²) >= 11 is 0.892. The maximum atomic E-state index is 14.0. The number of benzene rings is 2. The quantitative estimate of drug-likeness (QED) is 0.206. The van der Waals surface area contributed by atoms with Crippen LogP contribution in [0.5, 0.6) is 17.2 Å². The molecule has 1 aromatic heterocycles. The summed E-state index contributed by atoms with van der Waals surface area (Å²) in [5.41, 5.74) is -1.59. The molecule has 1 atom stereocenters. The number of non-ortho nitro benzene ring substituents is 1. The number of esters is 1. The van der Waals surface area contributed by atoms with E-state index in [-0.39, 0.29) is 27.1 Å². The molecule has 1 N–H and O–H groups in total. The monoisotopic (exact) mass is 598 g/mol. The Hall–Kier alpha value is -5.05. The molecule has 0 saturated carbocycles. The van der Waals surface area contributed by atoms with Gasteiger partial charge in [-0.05, 0) is 37.6 Å². The molecule has 0 bridgehead atoms. The maximum absolute atomic E-state index is 14.0. The van der Waals surface area contributed by atoms with Crippen LogP contribution in [0.15, 0.2) is 51.4 Å². The Morgan fingerprint density at radius 3 is 2.48 bits per heavy atom. The number of rotatable bonds is 10. The van der Waals surface area contributed by atoms with Crippen molar-refractivity contribution in [1.29, 1.82) is 0 Å². The van der Waals surface area contributed by atoms with Crippen LogP contribution in [0.25, 0.3) is 6.08 Å². The van der Waals surface area contributed by atoms with E-state index < -0.39 is 44.5 Å². The molecule has 1 aliphatic heterocycles. The number of nitro benzene ring substituents is 2. The molecular weight excluding hydrogens is 572 g/mol. The minimum absolute atomic E-state index is 0.0494. The molecule has 1 aliphatic rings. The maximum Gasteiger partial charge on any atom is 0.338 e. The van der Waals surface area contributed by atoms with Gasteiger partial charge in [0.2, 0.25) is 5.75 Å². The predicted molar refractivity (Wildman–Crippen MR) is 151 cm³/mol. The van der Waals surface area contributed by atoms with Gasteiger partial charge in [-0.3, -0.25) is 29.6 Å². The van der Waals surface area contributed by atoms with Crippen LogP contribution < -0.4 is 24.4 Å². The number of nitro groups is 2. The third kappa shape index (κ3) is 5.45. The number of phenolic OH excluding ortho intramolecular Hbond substituents is 1. The molecule has 4 rings (SSSR count). The van der Waals surface area contributed by atoms with Crippen molar-refractivity contribution in [2.45, 2.75) is 32.7 Å². The van der Waals surface area contributed by atoms with Crippen molar-refractivity contribution in [1.82, 2.24) is 4.57 Å². The van der Waals surface area contributed by atoms with Crippen molar-refractivity contribution >= 4 is 34.8 Å². The van der Waals surface area contributed by atoms with E-state index in [0.29, 0.717) is 41.7 Å². The van der Waals surface area contributed by atoms with Gasteiger partial charge in [0, 0.05) is 17.2 Å². The van der Waals surface area contributed by atoms with Gasteiger partial charge in [0.15, 0.2) is 4.80 Å². The summed E-state index contributed by atoms with van der Waals surface area (Å²) in [4.78, 5) is 53.3. The van der Waals surface area contributed by atoms with Crippen LogP contribution >= 0.6 is 11.3 Å². The summed E-state index contributed by atoms with van der Waals surface area (Å²) in [6.45, 7) is 3.62. The zero-order valence-corrected chi connectivity index (χ0v) is 23.8. The van der Waals surface area contributed by atoms with Gasteiger partial charge in [-0.2, -0.15) is 0 Å². The van der Waals surface area contributed by atoms with E-state index in [0.717, 1.165) is 23.5 Å². The number of fused-ring (bicyclic) bond motifs is 1.